The van der Waals surface area contributed by atoms with Gasteiger partial charge in [-0.25, -0.2) is 18.4 Å². The third-order valence-electron chi connectivity index (χ3n) is 8.62. The van der Waals surface area contributed by atoms with Crippen LogP contribution in [0.4, 0.5) is 9.18 Å². The van der Waals surface area contributed by atoms with Gasteiger partial charge in [0.15, 0.2) is 14.4 Å². The lowest BCUT2D eigenvalue weighted by Gasteiger charge is -2.37. The van der Waals surface area contributed by atoms with Gasteiger partial charge in [-0.05, 0) is 49.7 Å². The highest BCUT2D eigenvalue weighted by atomic mass is 35.5. The Balaban J connectivity index is 1.51. The average Bonchev–Trinajstić information content (AvgIpc) is 3.52. The van der Waals surface area contributed by atoms with Crippen LogP contribution in [0.3, 0.4) is 0 Å². The molecule has 1 aliphatic heterocycles. The lowest BCUT2D eigenvalue weighted by Crippen LogP contribution is -2.47. The fraction of sp³-hybridized carbons (Fsp3) is 0.483. The molecule has 1 aliphatic rings. The van der Waals surface area contributed by atoms with Crippen LogP contribution in [-0.2, 0) is 4.43 Å². The van der Waals surface area contributed by atoms with Crippen LogP contribution < -0.4 is 4.74 Å². The van der Waals surface area contributed by atoms with Crippen molar-refractivity contribution < 1.29 is 28.6 Å². The second-order valence-electron chi connectivity index (χ2n) is 12.6. The Morgan fingerprint density at radius 2 is 2.02 bits per heavy atom. The van der Waals surface area contributed by atoms with Gasteiger partial charge in [-0.15, -0.1) is 5.10 Å². The minimum Gasteiger partial charge on any atom is -0.479 e. The topological polar surface area (TPSA) is 140 Å². The molecule has 0 saturated carbocycles. The van der Waals surface area contributed by atoms with Crippen molar-refractivity contribution in [2.45, 2.75) is 70.5 Å². The van der Waals surface area contributed by atoms with Crippen LogP contribution in [0.25, 0.3) is 16.8 Å². The first kappa shape index (κ1) is 31.8. The van der Waals surface area contributed by atoms with Crippen LogP contribution in [0.15, 0.2) is 36.8 Å². The maximum atomic E-state index is 13.8. The molecule has 5 heterocycles. The van der Waals surface area contributed by atoms with Gasteiger partial charge in [-0.2, -0.15) is 5.10 Å². The van der Waals surface area contributed by atoms with E-state index in [4.69, 9.17) is 20.8 Å². The zero-order valence-electron chi connectivity index (χ0n) is 25.5. The van der Waals surface area contributed by atoms with Crippen molar-refractivity contribution in [2.75, 3.05) is 19.7 Å². The van der Waals surface area contributed by atoms with Gasteiger partial charge < -0.3 is 24.3 Å². The highest BCUT2D eigenvalue weighted by Crippen LogP contribution is 2.39. The van der Waals surface area contributed by atoms with E-state index in [1.807, 2.05) is 6.92 Å². The van der Waals surface area contributed by atoms with Crippen molar-refractivity contribution in [1.29, 1.82) is 0 Å². The molecule has 3 atom stereocenters. The molecule has 1 saturated heterocycles. The van der Waals surface area contributed by atoms with Gasteiger partial charge >= 0.3 is 6.09 Å². The maximum absolute atomic E-state index is 13.8. The maximum Gasteiger partial charge on any atom is 0.407 e. The first-order chi connectivity index (χ1) is 20.7. The van der Waals surface area contributed by atoms with Crippen molar-refractivity contribution in [2.24, 2.45) is 0 Å². The number of carboxylic acid groups (broad SMARTS) is 1. The largest absolute Gasteiger partial charge is 0.479 e. The number of pyridine rings is 2. The van der Waals surface area contributed by atoms with Gasteiger partial charge in [-0.1, -0.05) is 37.6 Å². The van der Waals surface area contributed by atoms with Crippen LogP contribution in [0.2, 0.25) is 23.2 Å². The molecular formula is C29H37ClFN7O5Si. The molecule has 5 rings (SSSR count). The van der Waals surface area contributed by atoms with Crippen molar-refractivity contribution >= 4 is 31.5 Å². The van der Waals surface area contributed by atoms with Crippen LogP contribution >= 0.6 is 11.6 Å². The second-order valence-corrected chi connectivity index (χ2v) is 17.8. The molecule has 0 bridgehead atoms. The van der Waals surface area contributed by atoms with Gasteiger partial charge in [0, 0.05) is 18.3 Å². The lowest BCUT2D eigenvalue weighted by atomic mass is 10.0. The summed E-state index contributed by atoms with van der Waals surface area (Å²) >= 11 is 6.56. The molecule has 1 fully saturated rings. The summed E-state index contributed by atoms with van der Waals surface area (Å²) in [6.07, 6.45) is 2.11. The molecule has 4 aromatic heterocycles. The first-order valence-electron chi connectivity index (χ1n) is 14.3. The number of amides is 1. The quantitative estimate of drug-likeness (QED) is 0.237. The molecule has 2 N–H and O–H groups in total. The number of aliphatic hydroxyl groups excluding tert-OH is 1. The molecule has 15 heteroatoms. The van der Waals surface area contributed by atoms with E-state index in [1.54, 1.807) is 27.5 Å². The number of carbonyl (C=O) groups is 1. The summed E-state index contributed by atoms with van der Waals surface area (Å²) in [5.41, 5.74) is 2.86. The van der Waals surface area contributed by atoms with E-state index in [0.29, 0.717) is 45.4 Å². The Bertz CT molecular complexity index is 1660. The van der Waals surface area contributed by atoms with Crippen LogP contribution in [-0.4, -0.2) is 84.9 Å². The first-order valence-corrected chi connectivity index (χ1v) is 17.6. The Kier molecular flexibility index (Phi) is 8.73. The number of aromatic nitrogens is 6. The summed E-state index contributed by atoms with van der Waals surface area (Å²) in [5, 5.41) is 33.5. The van der Waals surface area contributed by atoms with Gasteiger partial charge in [0.25, 0.3) is 0 Å². The van der Waals surface area contributed by atoms with Crippen LogP contribution in [0.1, 0.15) is 50.7 Å². The van der Waals surface area contributed by atoms with Crippen LogP contribution in [0, 0.1) is 12.7 Å². The highest BCUT2D eigenvalue weighted by molar-refractivity contribution is 6.74. The summed E-state index contributed by atoms with van der Waals surface area (Å²) in [4.78, 5) is 16.9. The Morgan fingerprint density at radius 3 is 2.66 bits per heavy atom. The van der Waals surface area contributed by atoms with Crippen molar-refractivity contribution in [3.8, 4) is 17.0 Å². The number of β-amino-alcohol motifs (C(OH)–C–C–N with tert-alkyl or cyclic N) is 1. The highest BCUT2D eigenvalue weighted by Gasteiger charge is 2.38. The molecule has 4 aromatic rings. The molecule has 12 nitrogen and oxygen atoms in total. The molecule has 0 aromatic carbocycles. The second kappa shape index (κ2) is 12.1. The zero-order chi connectivity index (χ0) is 32.0. The zero-order valence-corrected chi connectivity index (χ0v) is 27.3. The summed E-state index contributed by atoms with van der Waals surface area (Å²) < 4.78 is 30.1. The summed E-state index contributed by atoms with van der Waals surface area (Å²) in [6, 6.07) is 4.26. The Morgan fingerprint density at radius 1 is 1.27 bits per heavy atom. The van der Waals surface area contributed by atoms with Gasteiger partial charge in [0.2, 0.25) is 0 Å². The third kappa shape index (κ3) is 6.29. The average molecular weight is 646 g/mol. The number of piperidine rings is 1. The fourth-order valence-electron chi connectivity index (χ4n) is 4.98. The molecule has 1 amide bonds. The number of ether oxygens (including phenoxy) is 1. The number of aliphatic hydroxyl groups is 1. The molecular weight excluding hydrogens is 609 g/mol. The number of hydrogen-bond acceptors (Lipinski definition) is 8. The minimum absolute atomic E-state index is 0.0138. The third-order valence-corrected chi connectivity index (χ3v) is 13.4. The number of hydrogen-bond donors (Lipinski definition) is 2. The van der Waals surface area contributed by atoms with E-state index in [-0.39, 0.29) is 24.7 Å². The normalized spacial score (nSPS) is 18.5. The smallest absolute Gasteiger partial charge is 0.407 e. The number of rotatable bonds is 8. The molecule has 0 aliphatic carbocycles. The van der Waals surface area contributed by atoms with E-state index in [0.717, 1.165) is 6.20 Å². The predicted octanol–water partition coefficient (Wildman–Crippen LogP) is 5.52. The molecule has 236 valence electrons. The summed E-state index contributed by atoms with van der Waals surface area (Å²) in [7, 11) is -2.18. The van der Waals surface area contributed by atoms with E-state index in [1.165, 1.54) is 17.2 Å². The number of likely N-dealkylation sites (tertiary alicyclic amines) is 1. The van der Waals surface area contributed by atoms with Crippen LogP contribution in [0.5, 0.6) is 5.75 Å². The van der Waals surface area contributed by atoms with Gasteiger partial charge in [-0.3, -0.25) is 4.98 Å². The van der Waals surface area contributed by atoms with E-state index in [9.17, 15) is 19.4 Å². The van der Waals surface area contributed by atoms with Crippen molar-refractivity contribution in [1.82, 2.24) is 34.5 Å². The molecule has 44 heavy (non-hydrogen) atoms. The molecule has 0 spiro atoms. The Labute approximate surface area is 260 Å². The predicted molar refractivity (Wildman–Crippen MR) is 164 cm³/mol. The Hall–Kier alpha value is -3.59. The van der Waals surface area contributed by atoms with Gasteiger partial charge in [0.1, 0.15) is 22.8 Å². The lowest BCUT2D eigenvalue weighted by molar-refractivity contribution is 0.0242. The monoisotopic (exact) mass is 645 g/mol. The van der Waals surface area contributed by atoms with Gasteiger partial charge in [0.05, 0.1) is 54.1 Å². The van der Waals surface area contributed by atoms with E-state index in [2.05, 4.69) is 54.3 Å². The number of halogens is 2. The molecule has 0 radical (unpaired) electrons. The number of nitrogens with zero attached hydrogens (tertiary/aromatic N) is 7. The van der Waals surface area contributed by atoms with E-state index >= 15 is 0 Å². The van der Waals surface area contributed by atoms with Crippen molar-refractivity contribution in [3.63, 3.8) is 0 Å². The number of fused-ring (bicyclic) bond motifs is 1. The standard InChI is InChI=1S/C29H37ClFN7O5Si/c1-17-26(34-35-38(17)22-9-10-36(28(40)41)15-23(22)39)18-11-24(27-20(30)13-33-37(27)14-18)43-25(21-8-7-19(31)12-32-21)16-42-44(5,6)29(2,3)4/h7-8,11-14,22-23,25,39H,9-10,15-16H2,1-6H3,(H,40,41)/t22-,23-,25?/m1/s1. The fourth-order valence-corrected chi connectivity index (χ4v) is 6.20. The van der Waals surface area contributed by atoms with E-state index < -0.39 is 38.5 Å². The summed E-state index contributed by atoms with van der Waals surface area (Å²) in [6.45, 7) is 13.0. The summed E-state index contributed by atoms with van der Waals surface area (Å²) in [5.74, 6) is -0.0675. The minimum atomic E-state index is -2.18. The molecule has 1 unspecified atom stereocenters. The SMILES string of the molecule is Cc1c(-c2cc(OC(CO[Si](C)(C)C(C)(C)C)c3ccc(F)cn3)c3c(Cl)cnn3c2)nnn1[C@@H]1CCN(C(=O)O)C[C@H]1O. The van der Waals surface area contributed by atoms with Crippen molar-refractivity contribution in [3.05, 3.63) is 59.0 Å².